The molecular weight excluding hydrogens is 216 g/mol. The summed E-state index contributed by atoms with van der Waals surface area (Å²) in [4.78, 5) is 11.7. The molecule has 1 fully saturated rings. The fourth-order valence-electron chi connectivity index (χ4n) is 2.09. The number of amides is 1. The van der Waals surface area contributed by atoms with E-state index in [4.69, 9.17) is 4.52 Å². The average molecular weight is 236 g/mol. The first-order valence-corrected chi connectivity index (χ1v) is 6.29. The first-order valence-electron chi connectivity index (χ1n) is 6.29. The molecule has 17 heavy (non-hydrogen) atoms. The normalized spacial score (nSPS) is 17.1. The second-order valence-corrected chi connectivity index (χ2v) is 5.27. The van der Waals surface area contributed by atoms with Crippen molar-refractivity contribution in [2.24, 2.45) is 11.3 Å². The highest BCUT2D eigenvalue weighted by molar-refractivity contribution is 5.76. The summed E-state index contributed by atoms with van der Waals surface area (Å²) in [7, 11) is 0. The topological polar surface area (TPSA) is 55.1 Å². The molecule has 0 saturated heterocycles. The Morgan fingerprint density at radius 2 is 2.35 bits per heavy atom. The lowest BCUT2D eigenvalue weighted by atomic mass is 9.92. The van der Waals surface area contributed by atoms with Crippen molar-refractivity contribution >= 4 is 5.91 Å². The van der Waals surface area contributed by atoms with Gasteiger partial charge in [0.05, 0.1) is 6.20 Å². The summed E-state index contributed by atoms with van der Waals surface area (Å²) in [6.07, 6.45) is 5.19. The van der Waals surface area contributed by atoms with E-state index < -0.39 is 0 Å². The molecule has 0 bridgehead atoms. The molecule has 0 radical (unpaired) electrons. The van der Waals surface area contributed by atoms with Gasteiger partial charge in [0.1, 0.15) is 5.76 Å². The van der Waals surface area contributed by atoms with Crippen LogP contribution in [0.25, 0.3) is 0 Å². The molecule has 1 aromatic heterocycles. The summed E-state index contributed by atoms with van der Waals surface area (Å²) >= 11 is 0. The highest BCUT2D eigenvalue weighted by Gasteiger charge is 2.45. The molecule has 0 spiro atoms. The Kier molecular flexibility index (Phi) is 3.50. The quantitative estimate of drug-likeness (QED) is 0.823. The van der Waals surface area contributed by atoms with E-state index in [-0.39, 0.29) is 5.91 Å². The summed E-state index contributed by atoms with van der Waals surface area (Å²) in [5, 5.41) is 6.64. The molecule has 0 aliphatic heterocycles. The third-order valence-corrected chi connectivity index (χ3v) is 3.84. The van der Waals surface area contributed by atoms with Gasteiger partial charge >= 0.3 is 0 Å². The van der Waals surface area contributed by atoms with E-state index in [9.17, 15) is 4.79 Å². The van der Waals surface area contributed by atoms with Crippen LogP contribution in [0.4, 0.5) is 0 Å². The Morgan fingerprint density at radius 1 is 1.59 bits per heavy atom. The monoisotopic (exact) mass is 236 g/mol. The van der Waals surface area contributed by atoms with Crippen LogP contribution in [0.1, 0.15) is 38.9 Å². The molecule has 94 valence electrons. The predicted octanol–water partition coefficient (Wildman–Crippen LogP) is 2.16. The SMILES string of the molecule is CC(C)C1(CNC(=O)CCc2ccno2)CC1. The Morgan fingerprint density at radius 3 is 2.88 bits per heavy atom. The molecule has 0 atom stereocenters. The van der Waals surface area contributed by atoms with Gasteiger partial charge in [0.2, 0.25) is 5.91 Å². The first kappa shape index (κ1) is 12.1. The standard InChI is InChI=1S/C13H20N2O2/c1-10(2)13(6-7-13)9-14-12(16)4-3-11-5-8-15-17-11/h5,8,10H,3-4,6-7,9H2,1-2H3,(H,14,16). The largest absolute Gasteiger partial charge is 0.361 e. The highest BCUT2D eigenvalue weighted by atomic mass is 16.5. The molecular formula is C13H20N2O2. The number of aryl methyl sites for hydroxylation is 1. The van der Waals surface area contributed by atoms with Crippen LogP contribution in [0, 0.1) is 11.3 Å². The average Bonchev–Trinajstić information content (AvgIpc) is 2.93. The Labute approximate surface area is 102 Å². The molecule has 2 rings (SSSR count). The van der Waals surface area contributed by atoms with Gasteiger partial charge in [-0.25, -0.2) is 0 Å². The minimum atomic E-state index is 0.105. The maximum atomic E-state index is 11.7. The summed E-state index contributed by atoms with van der Waals surface area (Å²) in [6.45, 7) is 5.28. The van der Waals surface area contributed by atoms with Crippen molar-refractivity contribution in [2.75, 3.05) is 6.54 Å². The van der Waals surface area contributed by atoms with Crippen molar-refractivity contribution in [2.45, 2.75) is 39.5 Å². The highest BCUT2D eigenvalue weighted by Crippen LogP contribution is 2.51. The zero-order valence-electron chi connectivity index (χ0n) is 10.5. The van der Waals surface area contributed by atoms with Crippen LogP contribution >= 0.6 is 0 Å². The van der Waals surface area contributed by atoms with Crippen molar-refractivity contribution in [3.05, 3.63) is 18.0 Å². The number of nitrogens with one attached hydrogen (secondary N) is 1. The second-order valence-electron chi connectivity index (χ2n) is 5.27. The molecule has 1 aliphatic rings. The summed E-state index contributed by atoms with van der Waals surface area (Å²) in [6, 6.07) is 1.80. The molecule has 1 heterocycles. The van der Waals surface area contributed by atoms with Gasteiger partial charge in [0, 0.05) is 25.5 Å². The van der Waals surface area contributed by atoms with Gasteiger partial charge in [-0.15, -0.1) is 0 Å². The van der Waals surface area contributed by atoms with Gasteiger partial charge in [-0.1, -0.05) is 19.0 Å². The lowest BCUT2D eigenvalue weighted by Crippen LogP contribution is -2.32. The third-order valence-electron chi connectivity index (χ3n) is 3.84. The molecule has 1 N–H and O–H groups in total. The first-order chi connectivity index (χ1) is 8.12. The Bertz CT molecular complexity index is 367. The molecule has 1 aliphatic carbocycles. The molecule has 0 unspecified atom stereocenters. The lowest BCUT2D eigenvalue weighted by Gasteiger charge is -2.19. The summed E-state index contributed by atoms with van der Waals surface area (Å²) in [5.41, 5.74) is 0.377. The second kappa shape index (κ2) is 4.90. The van der Waals surface area contributed by atoms with Gasteiger partial charge in [-0.05, 0) is 24.2 Å². The molecule has 1 saturated carbocycles. The van der Waals surface area contributed by atoms with Gasteiger partial charge in [0.25, 0.3) is 0 Å². The van der Waals surface area contributed by atoms with Crippen molar-refractivity contribution in [1.82, 2.24) is 10.5 Å². The smallest absolute Gasteiger partial charge is 0.220 e. The van der Waals surface area contributed by atoms with E-state index in [0.717, 1.165) is 12.3 Å². The lowest BCUT2D eigenvalue weighted by molar-refractivity contribution is -0.121. The van der Waals surface area contributed by atoms with Crippen LogP contribution in [0.3, 0.4) is 0 Å². The maximum absolute atomic E-state index is 11.7. The summed E-state index contributed by atoms with van der Waals surface area (Å²) < 4.78 is 4.95. The maximum Gasteiger partial charge on any atom is 0.220 e. The fraction of sp³-hybridized carbons (Fsp3) is 0.692. The van der Waals surface area contributed by atoms with Gasteiger partial charge < -0.3 is 9.84 Å². The van der Waals surface area contributed by atoms with Crippen molar-refractivity contribution < 1.29 is 9.32 Å². The van der Waals surface area contributed by atoms with Gasteiger partial charge in [0.15, 0.2) is 0 Å². The van der Waals surface area contributed by atoms with Crippen LogP contribution in [-0.4, -0.2) is 17.6 Å². The van der Waals surface area contributed by atoms with Crippen LogP contribution in [0.5, 0.6) is 0 Å². The number of nitrogens with zero attached hydrogens (tertiary/aromatic N) is 1. The van der Waals surface area contributed by atoms with E-state index in [2.05, 4.69) is 24.3 Å². The molecule has 1 amide bonds. The van der Waals surface area contributed by atoms with E-state index in [1.807, 2.05) is 0 Å². The molecule has 0 aromatic carbocycles. The minimum Gasteiger partial charge on any atom is -0.361 e. The number of aromatic nitrogens is 1. The summed E-state index contributed by atoms with van der Waals surface area (Å²) in [5.74, 6) is 1.52. The molecule has 1 aromatic rings. The zero-order valence-corrected chi connectivity index (χ0v) is 10.5. The molecule has 4 nitrogen and oxygen atoms in total. The van der Waals surface area contributed by atoms with Crippen molar-refractivity contribution in [3.8, 4) is 0 Å². The number of carbonyl (C=O) groups is 1. The molecule has 4 heteroatoms. The third kappa shape index (κ3) is 3.08. The Balaban J connectivity index is 1.68. The number of rotatable bonds is 6. The Hall–Kier alpha value is -1.32. The minimum absolute atomic E-state index is 0.105. The van der Waals surface area contributed by atoms with Gasteiger partial charge in [-0.3, -0.25) is 4.79 Å². The van der Waals surface area contributed by atoms with Crippen LogP contribution in [0.15, 0.2) is 16.8 Å². The van der Waals surface area contributed by atoms with Crippen LogP contribution in [0.2, 0.25) is 0 Å². The van der Waals surface area contributed by atoms with Crippen LogP contribution < -0.4 is 5.32 Å². The zero-order chi connectivity index (χ0) is 12.3. The van der Waals surface area contributed by atoms with Crippen molar-refractivity contribution in [3.63, 3.8) is 0 Å². The van der Waals surface area contributed by atoms with E-state index in [1.54, 1.807) is 12.3 Å². The predicted molar refractivity (Wildman–Crippen MR) is 64.3 cm³/mol. The van der Waals surface area contributed by atoms with Crippen LogP contribution in [-0.2, 0) is 11.2 Å². The fourth-order valence-corrected chi connectivity index (χ4v) is 2.09. The van der Waals surface area contributed by atoms with Crippen molar-refractivity contribution in [1.29, 1.82) is 0 Å². The van der Waals surface area contributed by atoms with E-state index in [0.29, 0.717) is 24.2 Å². The number of carbonyl (C=O) groups excluding carboxylic acids is 1. The number of hydrogen-bond donors (Lipinski definition) is 1. The van der Waals surface area contributed by atoms with E-state index in [1.165, 1.54) is 12.8 Å². The van der Waals surface area contributed by atoms with Gasteiger partial charge in [-0.2, -0.15) is 0 Å². The number of hydrogen-bond acceptors (Lipinski definition) is 3. The van der Waals surface area contributed by atoms with E-state index >= 15 is 0 Å².